The molecule has 0 unspecified atom stereocenters. The summed E-state index contributed by atoms with van der Waals surface area (Å²) in [4.78, 5) is 27.4. The van der Waals surface area contributed by atoms with Crippen molar-refractivity contribution in [3.63, 3.8) is 0 Å². The molecule has 158 valence electrons. The molecule has 0 radical (unpaired) electrons. The third-order valence-corrected chi connectivity index (χ3v) is 5.98. The summed E-state index contributed by atoms with van der Waals surface area (Å²) >= 11 is 0. The molecular weight excluding hydrogens is 390 g/mol. The zero-order valence-corrected chi connectivity index (χ0v) is 17.8. The number of ether oxygens (including phenoxy) is 1. The minimum Gasteiger partial charge on any atom is -0.449 e. The lowest BCUT2D eigenvalue weighted by atomic mass is 9.81. The van der Waals surface area contributed by atoms with Gasteiger partial charge in [-0.15, -0.1) is 0 Å². The van der Waals surface area contributed by atoms with Gasteiger partial charge in [-0.05, 0) is 37.5 Å². The number of nitriles is 2. The van der Waals surface area contributed by atoms with E-state index in [-0.39, 0.29) is 5.56 Å². The van der Waals surface area contributed by atoms with Crippen molar-refractivity contribution in [3.05, 3.63) is 59.7 Å². The number of carbonyl (C=O) groups excluding carboxylic acids is 2. The summed E-state index contributed by atoms with van der Waals surface area (Å²) in [5.41, 5.74) is 1.07. The maximum absolute atomic E-state index is 13.0. The Morgan fingerprint density at radius 3 is 2.26 bits per heavy atom. The Morgan fingerprint density at radius 1 is 1.00 bits per heavy atom. The van der Waals surface area contributed by atoms with Crippen LogP contribution >= 0.6 is 0 Å². The van der Waals surface area contributed by atoms with Gasteiger partial charge in [0.1, 0.15) is 5.54 Å². The summed E-state index contributed by atoms with van der Waals surface area (Å²) in [6, 6.07) is 18.3. The Kier molecular flexibility index (Phi) is 6.72. The Labute approximate surface area is 182 Å². The molecule has 3 rings (SSSR count). The van der Waals surface area contributed by atoms with E-state index >= 15 is 0 Å². The molecule has 6 heteroatoms. The summed E-state index contributed by atoms with van der Waals surface area (Å²) in [6.45, 7) is 1.52. The maximum Gasteiger partial charge on any atom is 0.339 e. The average molecular weight is 415 g/mol. The van der Waals surface area contributed by atoms with E-state index in [1.807, 2.05) is 0 Å². The van der Waals surface area contributed by atoms with Crippen LogP contribution in [0.3, 0.4) is 0 Å². The molecule has 0 heterocycles. The van der Waals surface area contributed by atoms with Crippen molar-refractivity contribution < 1.29 is 14.3 Å². The van der Waals surface area contributed by atoms with Gasteiger partial charge in [-0.1, -0.05) is 55.7 Å². The van der Waals surface area contributed by atoms with Crippen LogP contribution in [-0.2, 0) is 9.53 Å². The lowest BCUT2D eigenvalue weighted by Gasteiger charge is -2.39. The normalized spacial score (nSPS) is 15.7. The van der Waals surface area contributed by atoms with Crippen molar-refractivity contribution in [1.29, 1.82) is 10.5 Å². The van der Waals surface area contributed by atoms with Crippen LogP contribution in [0.4, 0.5) is 0 Å². The van der Waals surface area contributed by atoms with E-state index in [4.69, 9.17) is 4.74 Å². The number of hydrogen-bond donors (Lipinski definition) is 0. The Morgan fingerprint density at radius 2 is 1.61 bits per heavy atom. The number of hydrogen-bond acceptors (Lipinski definition) is 5. The predicted octanol–water partition coefficient (Wildman–Crippen LogP) is 4.46. The Balaban J connectivity index is 1.82. The van der Waals surface area contributed by atoms with E-state index < -0.39 is 23.5 Å². The monoisotopic (exact) mass is 415 g/mol. The molecule has 2 aromatic rings. The number of nitrogens with zero attached hydrogens (tertiary/aromatic N) is 3. The van der Waals surface area contributed by atoms with Crippen molar-refractivity contribution in [2.24, 2.45) is 0 Å². The number of rotatable bonds is 5. The first-order chi connectivity index (χ1) is 14.9. The van der Waals surface area contributed by atoms with Crippen molar-refractivity contribution in [1.82, 2.24) is 4.90 Å². The van der Waals surface area contributed by atoms with Gasteiger partial charge in [0.05, 0.1) is 23.3 Å². The van der Waals surface area contributed by atoms with Crippen LogP contribution < -0.4 is 0 Å². The smallest absolute Gasteiger partial charge is 0.339 e. The highest BCUT2D eigenvalue weighted by Crippen LogP contribution is 2.33. The van der Waals surface area contributed by atoms with E-state index in [1.165, 1.54) is 11.8 Å². The molecule has 1 aliphatic rings. The first-order valence-electron chi connectivity index (χ1n) is 10.4. The first-order valence-corrected chi connectivity index (χ1v) is 10.4. The molecule has 31 heavy (non-hydrogen) atoms. The third-order valence-electron chi connectivity index (χ3n) is 5.98. The summed E-state index contributed by atoms with van der Waals surface area (Å²) in [6.07, 6.45) is 3.05. The van der Waals surface area contributed by atoms with Crippen LogP contribution in [0.15, 0.2) is 48.5 Å². The van der Waals surface area contributed by atoms with Gasteiger partial charge in [-0.3, -0.25) is 4.79 Å². The zero-order chi connectivity index (χ0) is 22.4. The van der Waals surface area contributed by atoms with Gasteiger partial charge in [0, 0.05) is 12.6 Å². The van der Waals surface area contributed by atoms with Gasteiger partial charge >= 0.3 is 5.97 Å². The van der Waals surface area contributed by atoms with Gasteiger partial charge in [0.15, 0.2) is 6.10 Å². The fraction of sp³-hybridized carbons (Fsp3) is 0.360. The van der Waals surface area contributed by atoms with Crippen molar-refractivity contribution in [2.75, 3.05) is 7.05 Å². The van der Waals surface area contributed by atoms with Crippen molar-refractivity contribution in [2.45, 2.75) is 50.7 Å². The van der Waals surface area contributed by atoms with Crippen molar-refractivity contribution in [3.8, 4) is 23.3 Å². The zero-order valence-electron chi connectivity index (χ0n) is 17.8. The number of amides is 1. The molecule has 1 saturated carbocycles. The first kappa shape index (κ1) is 22.1. The van der Waals surface area contributed by atoms with Crippen LogP contribution in [0.1, 0.15) is 54.9 Å². The van der Waals surface area contributed by atoms with E-state index in [1.54, 1.807) is 55.6 Å². The number of esters is 1. The molecule has 1 amide bonds. The lowest BCUT2D eigenvalue weighted by Crippen LogP contribution is -2.53. The van der Waals surface area contributed by atoms with Gasteiger partial charge in [-0.25, -0.2) is 4.79 Å². The molecule has 1 aliphatic carbocycles. The highest BCUT2D eigenvalue weighted by atomic mass is 16.5. The molecule has 6 nitrogen and oxygen atoms in total. The molecule has 0 aliphatic heterocycles. The predicted molar refractivity (Wildman–Crippen MR) is 116 cm³/mol. The summed E-state index contributed by atoms with van der Waals surface area (Å²) in [7, 11) is 1.61. The molecule has 0 saturated heterocycles. The highest BCUT2D eigenvalue weighted by molar-refractivity contribution is 5.99. The second-order valence-electron chi connectivity index (χ2n) is 7.85. The maximum atomic E-state index is 13.0. The molecule has 0 N–H and O–H groups in total. The molecule has 0 bridgehead atoms. The lowest BCUT2D eigenvalue weighted by molar-refractivity contribution is -0.143. The molecule has 1 atom stereocenters. The fourth-order valence-corrected chi connectivity index (χ4v) is 4.13. The summed E-state index contributed by atoms with van der Waals surface area (Å²) in [5, 5.41) is 19.2. The molecular formula is C25H25N3O3. The van der Waals surface area contributed by atoms with Gasteiger partial charge in [0.2, 0.25) is 0 Å². The largest absolute Gasteiger partial charge is 0.449 e. The van der Waals surface area contributed by atoms with Crippen LogP contribution in [0.5, 0.6) is 0 Å². The Bertz CT molecular complexity index is 1060. The third kappa shape index (κ3) is 4.44. The number of carbonyl (C=O) groups is 2. The fourth-order valence-electron chi connectivity index (χ4n) is 4.13. The number of benzene rings is 2. The molecule has 0 aromatic heterocycles. The van der Waals surface area contributed by atoms with Gasteiger partial charge < -0.3 is 9.64 Å². The average Bonchev–Trinajstić information content (AvgIpc) is 2.83. The standard InChI is InChI=1S/C25H25N3O3/c1-18(23(29)28(2)25(17-27)14-8-3-9-15-25)31-24(30)22-13-7-6-12-21(22)20-11-5-4-10-19(20)16-26/h4-7,10-13,18H,3,8-9,14-15H2,1-2H3/t18-/m0/s1. The quantitative estimate of drug-likeness (QED) is 0.672. The second kappa shape index (κ2) is 9.45. The minimum atomic E-state index is -1.04. The van der Waals surface area contributed by atoms with Gasteiger partial charge in [-0.2, -0.15) is 10.5 Å². The van der Waals surface area contributed by atoms with Crippen LogP contribution in [0.2, 0.25) is 0 Å². The SMILES string of the molecule is C[C@H](OC(=O)c1ccccc1-c1ccccc1C#N)C(=O)N(C)C1(C#N)CCCCC1. The van der Waals surface area contributed by atoms with E-state index in [2.05, 4.69) is 12.1 Å². The summed E-state index contributed by atoms with van der Waals surface area (Å²) in [5.74, 6) is -1.04. The summed E-state index contributed by atoms with van der Waals surface area (Å²) < 4.78 is 5.51. The van der Waals surface area contributed by atoms with Crippen molar-refractivity contribution >= 4 is 11.9 Å². The van der Waals surface area contributed by atoms with Crippen LogP contribution in [0, 0.1) is 22.7 Å². The topological polar surface area (TPSA) is 94.2 Å². The molecule has 1 fully saturated rings. The van der Waals surface area contributed by atoms with Crippen LogP contribution in [-0.4, -0.2) is 35.5 Å². The van der Waals surface area contributed by atoms with E-state index in [0.717, 1.165) is 19.3 Å². The highest BCUT2D eigenvalue weighted by Gasteiger charge is 2.40. The van der Waals surface area contributed by atoms with E-state index in [9.17, 15) is 20.1 Å². The minimum absolute atomic E-state index is 0.278. The molecule has 2 aromatic carbocycles. The van der Waals surface area contributed by atoms with Gasteiger partial charge in [0.25, 0.3) is 5.91 Å². The van der Waals surface area contributed by atoms with E-state index in [0.29, 0.717) is 29.5 Å². The van der Waals surface area contributed by atoms with Crippen LogP contribution in [0.25, 0.3) is 11.1 Å². The number of likely N-dealkylation sites (N-methyl/N-ethyl adjacent to an activating group) is 1. The Hall–Kier alpha value is -3.64. The molecule has 0 spiro atoms. The second-order valence-corrected chi connectivity index (χ2v) is 7.85.